The molecular formula is C34H35N5O6. The molecule has 1 unspecified atom stereocenters. The maximum atomic E-state index is 13.0. The number of imide groups is 2. The van der Waals surface area contributed by atoms with Gasteiger partial charge in [0.15, 0.2) is 0 Å². The highest BCUT2D eigenvalue weighted by Gasteiger charge is 2.44. The third kappa shape index (κ3) is 6.29. The first-order valence-electron chi connectivity index (χ1n) is 15.5. The Kier molecular flexibility index (Phi) is 8.86. The van der Waals surface area contributed by atoms with Gasteiger partial charge in [-0.15, -0.1) is 0 Å². The molecule has 4 heterocycles. The molecule has 2 aliphatic rings. The number of carbonyl (C=O) groups is 5. The molecule has 1 fully saturated rings. The van der Waals surface area contributed by atoms with Crippen molar-refractivity contribution in [2.75, 3.05) is 13.2 Å². The largest absolute Gasteiger partial charge is 0.494 e. The Balaban J connectivity index is 0.870. The summed E-state index contributed by atoms with van der Waals surface area (Å²) in [7, 11) is 0. The highest BCUT2D eigenvalue weighted by molar-refractivity contribution is 6.23. The van der Waals surface area contributed by atoms with E-state index in [9.17, 15) is 24.0 Å². The van der Waals surface area contributed by atoms with Crippen LogP contribution in [-0.4, -0.2) is 63.2 Å². The number of amides is 5. The summed E-state index contributed by atoms with van der Waals surface area (Å²) in [6.07, 6.45) is 7.80. The molecule has 2 aliphatic heterocycles. The number of para-hydroxylation sites is 1. The predicted octanol–water partition coefficient (Wildman–Crippen LogP) is 4.13. The summed E-state index contributed by atoms with van der Waals surface area (Å²) in [5.74, 6) is -1.65. The molecule has 2 aromatic heterocycles. The summed E-state index contributed by atoms with van der Waals surface area (Å²) in [6, 6.07) is 15.8. The van der Waals surface area contributed by atoms with E-state index >= 15 is 0 Å². The van der Waals surface area contributed by atoms with Gasteiger partial charge in [0.25, 0.3) is 11.8 Å². The first-order chi connectivity index (χ1) is 21.9. The number of unbranched alkanes of at least 4 members (excludes halogenated alkanes) is 5. The van der Waals surface area contributed by atoms with E-state index in [4.69, 9.17) is 4.74 Å². The van der Waals surface area contributed by atoms with Crippen LogP contribution in [0.25, 0.3) is 21.9 Å². The molecule has 2 aromatic carbocycles. The van der Waals surface area contributed by atoms with E-state index in [0.717, 1.165) is 65.4 Å². The fraction of sp³-hybridized carbons (Fsp3) is 0.353. The average Bonchev–Trinajstić information content (AvgIpc) is 3.48. The molecule has 4 aromatic rings. The molecule has 232 valence electrons. The lowest BCUT2D eigenvalue weighted by Crippen LogP contribution is -2.54. The lowest BCUT2D eigenvalue weighted by Gasteiger charge is -2.27. The van der Waals surface area contributed by atoms with Gasteiger partial charge in [-0.05, 0) is 55.7 Å². The summed E-state index contributed by atoms with van der Waals surface area (Å²) in [5.41, 5.74) is 2.26. The highest BCUT2D eigenvalue weighted by Crippen LogP contribution is 2.30. The van der Waals surface area contributed by atoms with Crippen molar-refractivity contribution in [2.45, 2.75) is 64.0 Å². The molecule has 6 rings (SSSR count). The summed E-state index contributed by atoms with van der Waals surface area (Å²) in [4.78, 5) is 67.6. The third-order valence-electron chi connectivity index (χ3n) is 8.40. The number of pyridine rings is 1. The molecule has 2 N–H and O–H groups in total. The number of ether oxygens (including phenoxy) is 1. The second kappa shape index (κ2) is 13.3. The van der Waals surface area contributed by atoms with Gasteiger partial charge in [0.1, 0.15) is 24.0 Å². The molecule has 11 nitrogen and oxygen atoms in total. The van der Waals surface area contributed by atoms with E-state index in [0.29, 0.717) is 18.9 Å². The van der Waals surface area contributed by atoms with Crippen molar-refractivity contribution in [2.24, 2.45) is 0 Å². The topological polar surface area (TPSA) is 140 Å². The Morgan fingerprint density at radius 2 is 1.64 bits per heavy atom. The van der Waals surface area contributed by atoms with Gasteiger partial charge in [0, 0.05) is 29.9 Å². The Bertz CT molecular complexity index is 1740. The van der Waals surface area contributed by atoms with Crippen LogP contribution < -0.4 is 15.4 Å². The smallest absolute Gasteiger partial charge is 0.262 e. The molecule has 0 aliphatic carbocycles. The number of aromatic nitrogens is 2. The van der Waals surface area contributed by atoms with Crippen LogP contribution in [0.1, 0.15) is 72.1 Å². The van der Waals surface area contributed by atoms with Crippen molar-refractivity contribution in [1.29, 1.82) is 0 Å². The normalized spacial score (nSPS) is 16.4. The molecule has 11 heteroatoms. The second-order valence-corrected chi connectivity index (χ2v) is 11.5. The van der Waals surface area contributed by atoms with E-state index in [1.807, 2.05) is 34.9 Å². The first kappa shape index (κ1) is 30.0. The van der Waals surface area contributed by atoms with Crippen LogP contribution in [0.5, 0.6) is 5.75 Å². The van der Waals surface area contributed by atoms with Crippen LogP contribution in [0, 0.1) is 0 Å². The molecule has 0 saturated carbocycles. The zero-order chi connectivity index (χ0) is 31.3. The van der Waals surface area contributed by atoms with Gasteiger partial charge < -0.3 is 14.6 Å². The number of rotatable bonds is 13. The average molecular weight is 610 g/mol. The van der Waals surface area contributed by atoms with Gasteiger partial charge >= 0.3 is 0 Å². The van der Waals surface area contributed by atoms with Gasteiger partial charge in [-0.2, -0.15) is 0 Å². The van der Waals surface area contributed by atoms with Gasteiger partial charge in [-0.25, -0.2) is 4.98 Å². The molecular weight excluding hydrogens is 574 g/mol. The zero-order valence-electron chi connectivity index (χ0n) is 24.9. The van der Waals surface area contributed by atoms with Gasteiger partial charge in [0.05, 0.1) is 23.3 Å². The fourth-order valence-electron chi connectivity index (χ4n) is 6.12. The van der Waals surface area contributed by atoms with Crippen LogP contribution in [0.4, 0.5) is 0 Å². The number of benzene rings is 2. The van der Waals surface area contributed by atoms with Crippen LogP contribution >= 0.6 is 0 Å². The lowest BCUT2D eigenvalue weighted by atomic mass is 10.0. The Morgan fingerprint density at radius 1 is 0.889 bits per heavy atom. The van der Waals surface area contributed by atoms with E-state index in [1.165, 1.54) is 0 Å². The molecule has 0 bridgehead atoms. The molecule has 1 saturated heterocycles. The summed E-state index contributed by atoms with van der Waals surface area (Å²) < 4.78 is 7.81. The zero-order valence-corrected chi connectivity index (χ0v) is 24.9. The van der Waals surface area contributed by atoms with Crippen molar-refractivity contribution >= 4 is 51.5 Å². The number of hydrogen-bond acceptors (Lipinski definition) is 7. The minimum Gasteiger partial charge on any atom is -0.494 e. The standard InChI is InChI=1S/C34H35N5O6/c40-29-16-15-28(32(42)37-29)39-33(43)25-14-13-22(20-26(25)34(39)44)45-19-8-4-2-1-3-7-17-35-30(41)21-38-27-12-6-5-10-23(27)24-11-9-18-36-31(24)38/h5-6,9-14,18,20,28H,1-4,7-8,15-17,19,21H2,(H,35,41)(H,37,40,42). The minimum atomic E-state index is -0.987. The van der Waals surface area contributed by atoms with E-state index in [2.05, 4.69) is 21.7 Å². The second-order valence-electron chi connectivity index (χ2n) is 11.5. The van der Waals surface area contributed by atoms with Gasteiger partial charge in [-0.3, -0.25) is 34.2 Å². The van der Waals surface area contributed by atoms with Crippen LogP contribution in [-0.2, 0) is 20.9 Å². The summed E-state index contributed by atoms with van der Waals surface area (Å²) in [5, 5.41) is 7.38. The van der Waals surface area contributed by atoms with Crippen LogP contribution in [0.15, 0.2) is 60.8 Å². The van der Waals surface area contributed by atoms with Crippen LogP contribution in [0.3, 0.4) is 0 Å². The number of carbonyl (C=O) groups excluding carboxylic acids is 5. The molecule has 45 heavy (non-hydrogen) atoms. The van der Waals surface area contributed by atoms with Crippen molar-refractivity contribution in [3.8, 4) is 5.75 Å². The van der Waals surface area contributed by atoms with Gasteiger partial charge in [-0.1, -0.05) is 43.9 Å². The van der Waals surface area contributed by atoms with E-state index in [-0.39, 0.29) is 36.4 Å². The minimum absolute atomic E-state index is 0.0262. The summed E-state index contributed by atoms with van der Waals surface area (Å²) >= 11 is 0. The Hall–Kier alpha value is -5.06. The van der Waals surface area contributed by atoms with Gasteiger partial charge in [0.2, 0.25) is 17.7 Å². The molecule has 1 atom stereocenters. The Morgan fingerprint density at radius 3 is 2.49 bits per heavy atom. The molecule has 0 radical (unpaired) electrons. The number of nitrogens with zero attached hydrogens (tertiary/aromatic N) is 3. The number of nitrogens with one attached hydrogen (secondary N) is 2. The molecule has 5 amide bonds. The van der Waals surface area contributed by atoms with Crippen molar-refractivity contribution in [3.05, 3.63) is 71.9 Å². The number of piperidine rings is 1. The summed E-state index contributed by atoms with van der Waals surface area (Å²) in [6.45, 7) is 1.34. The first-order valence-corrected chi connectivity index (χ1v) is 15.5. The van der Waals surface area contributed by atoms with Crippen molar-refractivity contribution in [3.63, 3.8) is 0 Å². The van der Waals surface area contributed by atoms with E-state index < -0.39 is 29.7 Å². The van der Waals surface area contributed by atoms with Crippen molar-refractivity contribution in [1.82, 2.24) is 25.1 Å². The SMILES string of the molecule is O=C(Cn1c2ccccc2c2cccnc21)NCCCCCCCCOc1ccc2c(c1)C(=O)N(C1CCC(=O)NC1=O)C2=O. The number of fused-ring (bicyclic) bond motifs is 4. The fourth-order valence-corrected chi connectivity index (χ4v) is 6.12. The maximum Gasteiger partial charge on any atom is 0.262 e. The monoisotopic (exact) mass is 609 g/mol. The lowest BCUT2D eigenvalue weighted by molar-refractivity contribution is -0.136. The number of hydrogen-bond donors (Lipinski definition) is 2. The quantitative estimate of drug-likeness (QED) is 0.172. The Labute approximate surface area is 259 Å². The van der Waals surface area contributed by atoms with E-state index in [1.54, 1.807) is 24.4 Å². The molecule has 0 spiro atoms. The van der Waals surface area contributed by atoms with Crippen molar-refractivity contribution < 1.29 is 28.7 Å². The third-order valence-corrected chi connectivity index (χ3v) is 8.40. The predicted molar refractivity (Wildman–Crippen MR) is 167 cm³/mol. The van der Waals surface area contributed by atoms with Crippen LogP contribution in [0.2, 0.25) is 0 Å². The highest BCUT2D eigenvalue weighted by atomic mass is 16.5. The maximum absolute atomic E-state index is 13.0.